The molecule has 0 aromatic carbocycles. The van der Waals surface area contributed by atoms with E-state index in [4.69, 9.17) is 34.4 Å². The second-order valence-electron chi connectivity index (χ2n) is 28.5. The number of nitrogens with two attached hydrogens (primary N) is 6. The third-order valence-electron chi connectivity index (χ3n) is 18.3. The molecule has 27 N–H and O–H groups in total. The van der Waals surface area contributed by atoms with Gasteiger partial charge in [0.15, 0.2) is 5.96 Å². The van der Waals surface area contributed by atoms with Gasteiger partial charge in [-0.25, -0.2) is 0 Å². The Bertz CT molecular complexity index is 3090. The predicted octanol–water partition coefficient (Wildman–Crippen LogP) is -3.78. The fourth-order valence-corrected chi connectivity index (χ4v) is 11.7. The number of carboxylic acid groups (broad SMARTS) is 3. The number of carboxylic acids is 3. The Balaban J connectivity index is 3.84. The molecule has 0 heterocycles. The van der Waals surface area contributed by atoms with Crippen LogP contribution in [0, 0.1) is 23.7 Å². The van der Waals surface area contributed by atoms with Gasteiger partial charge in [-0.15, -0.1) is 0 Å². The minimum atomic E-state index is -1.93. The van der Waals surface area contributed by atoms with Crippen LogP contribution in [0.1, 0.15) is 210 Å². The summed E-state index contributed by atoms with van der Waals surface area (Å²) in [5, 5.41) is 58.9. The Labute approximate surface area is 629 Å². The number of hydrogen-bond acceptors (Lipinski definition) is 20. The van der Waals surface area contributed by atoms with E-state index in [9.17, 15) is 96.8 Å². The number of guanidine groups is 1. The standard InChI is InChI=1S/C69H121N19O20/c1-10-37(5)54(56(73)97)86-66(107)55(38(6)11-2)87-64(105)49(35-53(95)96)84-62(103)47(33-40-20-13-12-14-21-40)82-61(102)46(32-36(3)4)81-58(99)41(22-15-17-29-70)78-57(98)43(24-19-31-76-68(74)75)80-63(104)48(34-50(72)90)83-59(100)42(23-16-18-30-71)79-60(101)44(25-27-51(91)92)85-67(108)69(8,9)88-65(106)45(77-39(7)89)26-28-52(93)94/h36-38,40-49,54-55H,10-35,70-71H2,1-9H3,(H2,72,90)(H2,73,97)(H,77,89)(H,78,98)(H,79,101)(H,80,104)(H,81,99)(H,82,102)(H,83,100)(H,84,103)(H,85,108)(H,86,107)(H,87,105)(H,88,106)(H,91,92)(H,93,94)(H,95,96)(H4,74,75,76)/t37-,38-,41-,42-,43-,44-,45-,46-,47-,48-,49-,54-,55-/m0/s1. The van der Waals surface area contributed by atoms with Crippen LogP contribution in [0.4, 0.5) is 0 Å². The zero-order valence-corrected chi connectivity index (χ0v) is 63.7. The van der Waals surface area contributed by atoms with Crippen LogP contribution in [-0.4, -0.2) is 214 Å². The number of rotatable bonds is 54. The number of unbranched alkanes of at least 4 members (excludes halogenated alkanes) is 2. The highest BCUT2D eigenvalue weighted by molar-refractivity contribution is 6.01. The molecule has 0 saturated heterocycles. The van der Waals surface area contributed by atoms with Crippen molar-refractivity contribution in [2.24, 2.45) is 63.1 Å². The summed E-state index contributed by atoms with van der Waals surface area (Å²) in [4.78, 5) is 233. The van der Waals surface area contributed by atoms with Gasteiger partial charge in [-0.1, -0.05) is 86.5 Å². The van der Waals surface area contributed by atoms with Crippen LogP contribution in [-0.2, 0) is 81.5 Å². The zero-order chi connectivity index (χ0) is 82.1. The molecule has 0 aromatic rings. The van der Waals surface area contributed by atoms with E-state index in [-0.39, 0.29) is 102 Å². The van der Waals surface area contributed by atoms with Crippen molar-refractivity contribution in [1.29, 1.82) is 0 Å². The minimum Gasteiger partial charge on any atom is -0.481 e. The van der Waals surface area contributed by atoms with Crippen LogP contribution in [0.5, 0.6) is 0 Å². The summed E-state index contributed by atoms with van der Waals surface area (Å²) in [5.74, 6) is -19.8. The fourth-order valence-electron chi connectivity index (χ4n) is 11.7. The lowest BCUT2D eigenvalue weighted by molar-refractivity contribution is -0.142. The molecule has 0 aliphatic heterocycles. The Morgan fingerprint density at radius 3 is 1.25 bits per heavy atom. The number of aliphatic imine (C=N–C) groups is 1. The van der Waals surface area contributed by atoms with E-state index < -0.39 is 217 Å². The molecule has 0 spiro atoms. The molecule has 108 heavy (non-hydrogen) atoms. The lowest BCUT2D eigenvalue weighted by Gasteiger charge is -2.31. The van der Waals surface area contributed by atoms with E-state index in [2.05, 4.69) is 68.8 Å². The van der Waals surface area contributed by atoms with Crippen molar-refractivity contribution < 1.29 is 96.8 Å². The first kappa shape index (κ1) is 96.2. The van der Waals surface area contributed by atoms with Gasteiger partial charge >= 0.3 is 17.9 Å². The van der Waals surface area contributed by atoms with Crippen molar-refractivity contribution in [3.05, 3.63) is 0 Å². The first-order chi connectivity index (χ1) is 50.6. The minimum absolute atomic E-state index is 0.0153. The largest absolute Gasteiger partial charge is 0.481 e. The molecule has 39 nitrogen and oxygen atoms in total. The van der Waals surface area contributed by atoms with E-state index in [0.29, 0.717) is 32.1 Å². The monoisotopic (exact) mass is 1540 g/mol. The molecule has 1 rings (SSSR count). The van der Waals surface area contributed by atoms with Gasteiger partial charge in [-0.05, 0) is 128 Å². The van der Waals surface area contributed by atoms with Crippen molar-refractivity contribution >= 4 is 107 Å². The summed E-state index contributed by atoms with van der Waals surface area (Å²) in [6, 6.07) is -17.0. The van der Waals surface area contributed by atoms with Gasteiger partial charge < -0.3 is 114 Å². The summed E-state index contributed by atoms with van der Waals surface area (Å²) >= 11 is 0. The highest BCUT2D eigenvalue weighted by atomic mass is 16.4. The molecule has 0 bridgehead atoms. The Morgan fingerprint density at radius 2 is 0.824 bits per heavy atom. The smallest absolute Gasteiger partial charge is 0.305 e. The third kappa shape index (κ3) is 37.6. The molecule has 0 unspecified atom stereocenters. The zero-order valence-electron chi connectivity index (χ0n) is 63.7. The molecule has 0 aromatic heterocycles. The average Bonchev–Trinajstić information content (AvgIpc) is 0.844. The molecule has 39 heteroatoms. The van der Waals surface area contributed by atoms with E-state index in [1.54, 1.807) is 41.5 Å². The van der Waals surface area contributed by atoms with Crippen molar-refractivity contribution in [3.63, 3.8) is 0 Å². The molecule has 1 aliphatic carbocycles. The SMILES string of the molecule is CC[C@H](C)[C@H](NC(=O)[C@@H](NC(=O)[C@H](CC(=O)O)NC(=O)[C@H](CC1CCCCC1)NC(=O)[C@H](CC(C)C)NC(=O)[C@H](CCCCN)NC(=O)[C@H](CCCN=C(N)N)NC(=O)[C@H](CC(N)=O)NC(=O)[C@H](CCCCN)NC(=O)[C@H](CCC(=O)O)NC(=O)C(C)(C)NC(=O)[C@H](CCC(=O)O)NC(C)=O)[C@@H](C)CC)C(N)=O. The van der Waals surface area contributed by atoms with Crippen molar-refractivity contribution in [3.8, 4) is 0 Å². The third-order valence-corrected chi connectivity index (χ3v) is 18.3. The van der Waals surface area contributed by atoms with Crippen LogP contribution < -0.4 is 98.2 Å². The lowest BCUT2D eigenvalue weighted by atomic mass is 9.84. The predicted molar refractivity (Wildman–Crippen MR) is 393 cm³/mol. The van der Waals surface area contributed by atoms with Crippen LogP contribution >= 0.6 is 0 Å². The molecule has 1 fully saturated rings. The summed E-state index contributed by atoms with van der Waals surface area (Å²) in [6.07, 6.45) is 0.667. The van der Waals surface area contributed by atoms with Gasteiger partial charge in [0.2, 0.25) is 82.7 Å². The first-order valence-corrected chi connectivity index (χ1v) is 36.9. The maximum Gasteiger partial charge on any atom is 0.305 e. The number of carbonyl (C=O) groups is 17. The molecule has 1 saturated carbocycles. The van der Waals surface area contributed by atoms with E-state index in [1.165, 1.54) is 13.8 Å². The van der Waals surface area contributed by atoms with Gasteiger partial charge in [-0.3, -0.25) is 86.5 Å². The number of hydrogen-bond donors (Lipinski definition) is 21. The van der Waals surface area contributed by atoms with E-state index in [1.807, 2.05) is 0 Å². The topological polar surface area (TPSA) is 664 Å². The van der Waals surface area contributed by atoms with Gasteiger partial charge in [-0.2, -0.15) is 0 Å². The highest BCUT2D eigenvalue weighted by Crippen LogP contribution is 2.28. The van der Waals surface area contributed by atoms with E-state index >= 15 is 0 Å². The Hall–Kier alpha value is -9.82. The van der Waals surface area contributed by atoms with Crippen LogP contribution in [0.3, 0.4) is 0 Å². The Kier molecular flexibility index (Phi) is 44.5. The van der Waals surface area contributed by atoms with Crippen molar-refractivity contribution in [1.82, 2.24) is 63.8 Å². The van der Waals surface area contributed by atoms with Crippen LogP contribution in [0.2, 0.25) is 0 Å². The van der Waals surface area contributed by atoms with Gasteiger partial charge in [0, 0.05) is 26.3 Å². The second kappa shape index (κ2) is 49.9. The number of primary amides is 2. The number of nitrogens with zero attached hydrogens (tertiary/aromatic N) is 1. The lowest BCUT2D eigenvalue weighted by Crippen LogP contribution is -2.62. The quantitative estimate of drug-likeness (QED) is 0.0158. The van der Waals surface area contributed by atoms with Crippen LogP contribution in [0.15, 0.2) is 4.99 Å². The number of aliphatic carboxylic acids is 3. The molecular weight excluding hydrogens is 1410 g/mol. The van der Waals surface area contributed by atoms with Crippen molar-refractivity contribution in [2.75, 3.05) is 19.6 Å². The maximum atomic E-state index is 14.8. The number of nitrogens with one attached hydrogen (secondary N) is 12. The molecule has 14 amide bonds. The van der Waals surface area contributed by atoms with Gasteiger partial charge in [0.1, 0.15) is 72.0 Å². The summed E-state index contributed by atoms with van der Waals surface area (Å²) in [7, 11) is 0. The molecular formula is C69H121N19O20. The number of amides is 14. The highest BCUT2D eigenvalue weighted by Gasteiger charge is 2.41. The molecule has 13 atom stereocenters. The average molecular weight is 1540 g/mol. The van der Waals surface area contributed by atoms with Gasteiger partial charge in [0.05, 0.1) is 12.8 Å². The first-order valence-electron chi connectivity index (χ1n) is 36.9. The molecule has 1 aliphatic rings. The molecule has 612 valence electrons. The van der Waals surface area contributed by atoms with Gasteiger partial charge in [0.25, 0.3) is 0 Å². The fraction of sp³-hybridized carbons (Fsp3) is 0.739. The molecule has 0 radical (unpaired) electrons. The maximum absolute atomic E-state index is 14.8. The summed E-state index contributed by atoms with van der Waals surface area (Å²) in [6.45, 7) is 13.9. The van der Waals surface area contributed by atoms with E-state index in [0.717, 1.165) is 26.2 Å². The van der Waals surface area contributed by atoms with Crippen molar-refractivity contribution in [2.45, 2.75) is 282 Å². The Morgan fingerprint density at radius 1 is 0.435 bits per heavy atom. The summed E-state index contributed by atoms with van der Waals surface area (Å²) < 4.78 is 0. The number of carbonyl (C=O) groups excluding carboxylic acids is 14. The second-order valence-corrected chi connectivity index (χ2v) is 28.5. The van der Waals surface area contributed by atoms with Crippen LogP contribution in [0.25, 0.3) is 0 Å². The normalized spacial score (nSPS) is 15.9. The summed E-state index contributed by atoms with van der Waals surface area (Å²) in [5.41, 5.74) is 32.0.